The van der Waals surface area contributed by atoms with Gasteiger partial charge in [-0.05, 0) is 76.5 Å². The number of hydrogen-bond acceptors (Lipinski definition) is 7. The molecule has 1 aromatic carbocycles. The van der Waals surface area contributed by atoms with Crippen LogP contribution in [0.3, 0.4) is 0 Å². The number of aromatic nitrogens is 3. The molecule has 1 N–H and O–H groups in total. The molecule has 7 nitrogen and oxygen atoms in total. The Morgan fingerprint density at radius 2 is 1.72 bits per heavy atom. The summed E-state index contributed by atoms with van der Waals surface area (Å²) in [6, 6.07) is 7.32. The van der Waals surface area contributed by atoms with Gasteiger partial charge in [0.05, 0.1) is 17.6 Å². The number of piperidine rings is 1. The second-order valence-corrected chi connectivity index (χ2v) is 10.1. The monoisotopic (exact) mass is 493 g/mol. The molecule has 2 aliphatic heterocycles. The molecule has 1 saturated heterocycles. The fourth-order valence-corrected chi connectivity index (χ4v) is 5.15. The Balaban J connectivity index is 1.41. The first-order valence-corrected chi connectivity index (χ1v) is 12.6. The lowest BCUT2D eigenvalue weighted by Crippen LogP contribution is -2.43. The summed E-state index contributed by atoms with van der Waals surface area (Å²) in [5.41, 5.74) is 2.92. The van der Waals surface area contributed by atoms with E-state index in [1.54, 1.807) is 0 Å². The third kappa shape index (κ3) is 4.84. The Labute approximate surface area is 211 Å². The van der Waals surface area contributed by atoms with Gasteiger partial charge in [-0.3, -0.25) is 0 Å². The molecule has 2 aromatic heterocycles. The van der Waals surface area contributed by atoms with Crippen LogP contribution in [-0.4, -0.2) is 66.2 Å². The molecular formula is C27H33F2N7. The summed E-state index contributed by atoms with van der Waals surface area (Å²) < 4.78 is 30.1. The molecule has 0 aliphatic carbocycles. The van der Waals surface area contributed by atoms with Gasteiger partial charge in [0.2, 0.25) is 5.95 Å². The summed E-state index contributed by atoms with van der Waals surface area (Å²) in [7, 11) is 4.02. The van der Waals surface area contributed by atoms with E-state index >= 15 is 4.39 Å². The van der Waals surface area contributed by atoms with Crippen molar-refractivity contribution in [3.8, 4) is 11.3 Å². The Bertz CT molecular complexity index is 1220. The van der Waals surface area contributed by atoms with Crippen LogP contribution in [0.1, 0.15) is 38.2 Å². The third-order valence-corrected chi connectivity index (χ3v) is 7.27. The molecule has 0 saturated carbocycles. The number of fused-ring (bicyclic) bond motifs is 1. The highest BCUT2D eigenvalue weighted by Crippen LogP contribution is 2.39. The number of anilines is 4. The van der Waals surface area contributed by atoms with Gasteiger partial charge < -0.3 is 20.0 Å². The normalized spacial score (nSPS) is 17.0. The molecule has 4 heterocycles. The van der Waals surface area contributed by atoms with Crippen LogP contribution in [0.5, 0.6) is 0 Å². The molecule has 0 bridgehead atoms. The SMILES string of the molecule is CC(C)N1CCN(C)c2c(F)cc(-c3nc(Nc4ccc(C5CCN(C)CC5)cn4)ncc3F)cc21. The highest BCUT2D eigenvalue weighted by Gasteiger charge is 2.27. The third-order valence-electron chi connectivity index (χ3n) is 7.27. The summed E-state index contributed by atoms with van der Waals surface area (Å²) in [6.45, 7) is 7.80. The minimum Gasteiger partial charge on any atom is -0.369 e. The van der Waals surface area contributed by atoms with Crippen LogP contribution in [-0.2, 0) is 0 Å². The zero-order valence-corrected chi connectivity index (χ0v) is 21.3. The van der Waals surface area contributed by atoms with Gasteiger partial charge in [0.1, 0.15) is 17.3 Å². The van der Waals surface area contributed by atoms with Gasteiger partial charge in [0.25, 0.3) is 0 Å². The molecule has 9 heteroatoms. The van der Waals surface area contributed by atoms with Gasteiger partial charge in [0, 0.05) is 37.9 Å². The molecule has 190 valence electrons. The van der Waals surface area contributed by atoms with Crippen LogP contribution >= 0.6 is 0 Å². The van der Waals surface area contributed by atoms with E-state index in [-0.39, 0.29) is 17.7 Å². The summed E-state index contributed by atoms with van der Waals surface area (Å²) in [5, 5.41) is 3.07. The van der Waals surface area contributed by atoms with Crippen molar-refractivity contribution in [1.82, 2.24) is 19.9 Å². The van der Waals surface area contributed by atoms with Gasteiger partial charge in [-0.2, -0.15) is 0 Å². The minimum absolute atomic E-state index is 0.0501. The average molecular weight is 494 g/mol. The fourth-order valence-electron chi connectivity index (χ4n) is 5.15. The molecule has 0 amide bonds. The highest BCUT2D eigenvalue weighted by atomic mass is 19.1. The topological polar surface area (TPSA) is 60.4 Å². The summed E-state index contributed by atoms with van der Waals surface area (Å²) >= 11 is 0. The van der Waals surface area contributed by atoms with Gasteiger partial charge in [-0.1, -0.05) is 6.07 Å². The molecule has 36 heavy (non-hydrogen) atoms. The predicted octanol–water partition coefficient (Wildman–Crippen LogP) is 5.03. The zero-order valence-electron chi connectivity index (χ0n) is 21.3. The predicted molar refractivity (Wildman–Crippen MR) is 140 cm³/mol. The number of rotatable bonds is 5. The Morgan fingerprint density at radius 3 is 2.42 bits per heavy atom. The lowest BCUT2D eigenvalue weighted by molar-refractivity contribution is 0.255. The van der Waals surface area contributed by atoms with Gasteiger partial charge in [-0.15, -0.1) is 0 Å². The first-order chi connectivity index (χ1) is 17.3. The number of likely N-dealkylation sites (tertiary alicyclic amines) is 1. The first kappa shape index (κ1) is 24.4. The number of likely N-dealkylation sites (N-methyl/N-ethyl adjacent to an activating group) is 1. The molecule has 5 rings (SSSR count). The average Bonchev–Trinajstić information content (AvgIpc) is 2.86. The summed E-state index contributed by atoms with van der Waals surface area (Å²) in [5.74, 6) is 0.301. The largest absolute Gasteiger partial charge is 0.369 e. The second-order valence-electron chi connectivity index (χ2n) is 10.1. The van der Waals surface area contributed by atoms with Crippen molar-refractivity contribution in [2.24, 2.45) is 0 Å². The second kappa shape index (κ2) is 9.97. The van der Waals surface area contributed by atoms with Crippen LogP contribution in [0.25, 0.3) is 11.3 Å². The quantitative estimate of drug-likeness (QED) is 0.535. The number of halogens is 2. The van der Waals surface area contributed by atoms with Crippen LogP contribution in [0.2, 0.25) is 0 Å². The number of pyridine rings is 1. The van der Waals surface area contributed by atoms with Crippen molar-refractivity contribution < 1.29 is 8.78 Å². The lowest BCUT2D eigenvalue weighted by Gasteiger charge is -2.39. The fraction of sp³-hybridized carbons (Fsp3) is 0.444. The molecule has 0 atom stereocenters. The van der Waals surface area contributed by atoms with Crippen molar-refractivity contribution in [1.29, 1.82) is 0 Å². The van der Waals surface area contributed by atoms with Crippen molar-refractivity contribution in [3.05, 3.63) is 53.9 Å². The number of hydrogen-bond donors (Lipinski definition) is 1. The van der Waals surface area contributed by atoms with E-state index in [1.807, 2.05) is 30.3 Å². The van der Waals surface area contributed by atoms with E-state index in [9.17, 15) is 4.39 Å². The number of nitrogens with zero attached hydrogens (tertiary/aromatic N) is 6. The molecule has 3 aromatic rings. The zero-order chi connectivity index (χ0) is 25.4. The van der Waals surface area contributed by atoms with E-state index < -0.39 is 11.6 Å². The Morgan fingerprint density at radius 1 is 0.944 bits per heavy atom. The van der Waals surface area contributed by atoms with Gasteiger partial charge in [-0.25, -0.2) is 23.7 Å². The highest BCUT2D eigenvalue weighted by molar-refractivity contribution is 5.80. The van der Waals surface area contributed by atoms with Crippen LogP contribution in [0.15, 0.2) is 36.7 Å². The van der Waals surface area contributed by atoms with E-state index in [2.05, 4.69) is 57.0 Å². The van der Waals surface area contributed by atoms with Crippen molar-refractivity contribution in [2.75, 3.05) is 55.4 Å². The van der Waals surface area contributed by atoms with Gasteiger partial charge in [0.15, 0.2) is 5.82 Å². The molecule has 2 aliphatic rings. The first-order valence-electron chi connectivity index (χ1n) is 12.6. The smallest absolute Gasteiger partial charge is 0.229 e. The maximum absolute atomic E-state index is 15.2. The van der Waals surface area contributed by atoms with Crippen LogP contribution in [0.4, 0.5) is 31.9 Å². The van der Waals surface area contributed by atoms with E-state index in [1.165, 1.54) is 11.6 Å². The van der Waals surface area contributed by atoms with E-state index in [4.69, 9.17) is 0 Å². The lowest BCUT2D eigenvalue weighted by atomic mass is 9.91. The Kier molecular flexibility index (Phi) is 6.75. The molecule has 1 fully saturated rings. The Hall–Kier alpha value is -3.33. The maximum Gasteiger partial charge on any atom is 0.229 e. The molecule has 0 unspecified atom stereocenters. The van der Waals surface area contributed by atoms with Crippen molar-refractivity contribution in [2.45, 2.75) is 38.6 Å². The van der Waals surface area contributed by atoms with Gasteiger partial charge >= 0.3 is 0 Å². The van der Waals surface area contributed by atoms with Crippen molar-refractivity contribution in [3.63, 3.8) is 0 Å². The molecular weight excluding hydrogens is 460 g/mol. The summed E-state index contributed by atoms with van der Waals surface area (Å²) in [4.78, 5) is 19.4. The van der Waals surface area contributed by atoms with Crippen molar-refractivity contribution >= 4 is 23.1 Å². The number of nitrogens with one attached hydrogen (secondary N) is 1. The number of benzene rings is 1. The summed E-state index contributed by atoms with van der Waals surface area (Å²) in [6.07, 6.45) is 5.24. The van der Waals surface area contributed by atoms with Crippen LogP contribution in [0, 0.1) is 11.6 Å². The maximum atomic E-state index is 15.2. The standard InChI is InChI=1S/C27H33F2N7/c1-17(2)36-12-11-35(4)26-21(28)13-20(14-23(26)36)25-22(29)16-31-27(33-25)32-24-6-5-19(15-30-24)18-7-9-34(3)10-8-18/h5-6,13-18H,7-12H2,1-4H3,(H,30,31,32,33). The molecule has 0 radical (unpaired) electrons. The van der Waals surface area contributed by atoms with E-state index in [0.29, 0.717) is 23.0 Å². The molecule has 0 spiro atoms. The minimum atomic E-state index is -0.606. The van der Waals surface area contributed by atoms with E-state index in [0.717, 1.165) is 50.9 Å². The van der Waals surface area contributed by atoms with Crippen LogP contribution < -0.4 is 15.1 Å².